The minimum absolute atomic E-state index is 0.0961. The van der Waals surface area contributed by atoms with Crippen molar-refractivity contribution >= 4 is 27.5 Å². The fourth-order valence-electron chi connectivity index (χ4n) is 2.57. The van der Waals surface area contributed by atoms with Gasteiger partial charge in [-0.05, 0) is 32.8 Å². The number of aryl methyl sites for hydroxylation is 2. The maximum atomic E-state index is 12.6. The highest BCUT2D eigenvalue weighted by Gasteiger charge is 2.20. The zero-order valence-electron chi connectivity index (χ0n) is 15.1. The van der Waals surface area contributed by atoms with Crippen LogP contribution in [-0.2, 0) is 16.0 Å². The van der Waals surface area contributed by atoms with Crippen LogP contribution < -0.4 is 10.9 Å². The van der Waals surface area contributed by atoms with Crippen LogP contribution in [0.25, 0.3) is 10.2 Å². The van der Waals surface area contributed by atoms with Crippen LogP contribution >= 0.6 is 11.3 Å². The lowest BCUT2D eigenvalue weighted by Crippen LogP contribution is -2.35. The Kier molecular flexibility index (Phi) is 7.10. The summed E-state index contributed by atoms with van der Waals surface area (Å²) < 4.78 is 12.4. The monoisotopic (exact) mass is 367 g/mol. The van der Waals surface area contributed by atoms with Gasteiger partial charge in [0.1, 0.15) is 4.83 Å². The van der Waals surface area contributed by atoms with Crippen molar-refractivity contribution < 1.29 is 14.3 Å². The molecule has 0 aliphatic carbocycles. The Morgan fingerprint density at radius 3 is 2.60 bits per heavy atom. The number of amides is 1. The third-order valence-corrected chi connectivity index (χ3v) is 4.92. The fourth-order valence-corrected chi connectivity index (χ4v) is 3.63. The molecule has 0 bridgehead atoms. The van der Waals surface area contributed by atoms with Gasteiger partial charge in [-0.3, -0.25) is 14.2 Å². The number of rotatable bonds is 9. The Balaban J connectivity index is 2.23. The second-order valence-electron chi connectivity index (χ2n) is 5.53. The van der Waals surface area contributed by atoms with Crippen molar-refractivity contribution in [2.75, 3.05) is 19.8 Å². The van der Waals surface area contributed by atoms with Crippen LogP contribution in [0.5, 0.6) is 0 Å². The molecule has 0 aliphatic heterocycles. The summed E-state index contributed by atoms with van der Waals surface area (Å²) >= 11 is 1.23. The molecule has 0 aliphatic rings. The van der Waals surface area contributed by atoms with Crippen LogP contribution in [0.3, 0.4) is 0 Å². The van der Waals surface area contributed by atoms with E-state index in [1.165, 1.54) is 11.3 Å². The van der Waals surface area contributed by atoms with E-state index in [0.29, 0.717) is 40.4 Å². The SMILES string of the molecule is CCCn1cnc2sc(C(=O)NCC(OCC)OCC)c(C)c2c1=O. The van der Waals surface area contributed by atoms with Crippen LogP contribution in [0.2, 0.25) is 0 Å². The van der Waals surface area contributed by atoms with Gasteiger partial charge >= 0.3 is 0 Å². The van der Waals surface area contributed by atoms with Crippen molar-refractivity contribution in [2.24, 2.45) is 0 Å². The number of fused-ring (bicyclic) bond motifs is 1. The quantitative estimate of drug-likeness (QED) is 0.688. The number of nitrogens with zero attached hydrogens (tertiary/aromatic N) is 2. The summed E-state index contributed by atoms with van der Waals surface area (Å²) in [6.07, 6.45) is 1.92. The van der Waals surface area contributed by atoms with Crippen LogP contribution in [0.1, 0.15) is 42.4 Å². The second kappa shape index (κ2) is 9.07. The Morgan fingerprint density at radius 2 is 2.00 bits per heavy atom. The van der Waals surface area contributed by atoms with E-state index >= 15 is 0 Å². The van der Waals surface area contributed by atoms with Crippen molar-refractivity contribution in [1.82, 2.24) is 14.9 Å². The van der Waals surface area contributed by atoms with Crippen molar-refractivity contribution in [3.63, 3.8) is 0 Å². The van der Waals surface area contributed by atoms with Crippen LogP contribution in [-0.4, -0.2) is 41.5 Å². The molecule has 1 amide bonds. The first-order valence-electron chi connectivity index (χ1n) is 8.53. The summed E-state index contributed by atoms with van der Waals surface area (Å²) in [6, 6.07) is 0. The summed E-state index contributed by atoms with van der Waals surface area (Å²) in [4.78, 5) is 30.5. The number of nitrogens with one attached hydrogen (secondary N) is 1. The number of hydrogen-bond donors (Lipinski definition) is 1. The van der Waals surface area contributed by atoms with Gasteiger partial charge in [-0.25, -0.2) is 4.98 Å². The van der Waals surface area contributed by atoms with Gasteiger partial charge in [-0.1, -0.05) is 6.92 Å². The fraction of sp³-hybridized carbons (Fsp3) is 0.588. The molecule has 0 saturated heterocycles. The molecule has 0 aromatic carbocycles. The van der Waals surface area contributed by atoms with Gasteiger partial charge in [0.05, 0.1) is 23.1 Å². The molecule has 25 heavy (non-hydrogen) atoms. The molecule has 0 unspecified atom stereocenters. The summed E-state index contributed by atoms with van der Waals surface area (Å²) in [5.41, 5.74) is 0.575. The zero-order chi connectivity index (χ0) is 18.4. The Bertz CT molecular complexity index is 778. The van der Waals surface area contributed by atoms with Crippen molar-refractivity contribution in [1.29, 1.82) is 0 Å². The lowest BCUT2D eigenvalue weighted by molar-refractivity contribution is -0.131. The summed E-state index contributed by atoms with van der Waals surface area (Å²) in [5.74, 6) is -0.244. The van der Waals surface area contributed by atoms with Gasteiger partial charge in [0.15, 0.2) is 6.29 Å². The zero-order valence-corrected chi connectivity index (χ0v) is 15.9. The average Bonchev–Trinajstić information content (AvgIpc) is 2.93. The average molecular weight is 367 g/mol. The standard InChI is InChI=1S/C17H25N3O4S/c1-5-8-20-10-19-16-13(17(20)22)11(4)14(25-16)15(21)18-9-12(23-6-2)24-7-3/h10,12H,5-9H2,1-4H3,(H,18,21). The molecular weight excluding hydrogens is 342 g/mol. The highest BCUT2D eigenvalue weighted by molar-refractivity contribution is 7.20. The molecule has 2 aromatic rings. The largest absolute Gasteiger partial charge is 0.351 e. The summed E-state index contributed by atoms with van der Waals surface area (Å²) in [7, 11) is 0. The van der Waals surface area contributed by atoms with Crippen molar-refractivity contribution in [3.8, 4) is 0 Å². The van der Waals surface area contributed by atoms with Gasteiger partial charge in [-0.15, -0.1) is 11.3 Å². The summed E-state index contributed by atoms with van der Waals surface area (Å²) in [5, 5.41) is 3.34. The molecule has 0 atom stereocenters. The van der Waals surface area contributed by atoms with Gasteiger partial charge in [-0.2, -0.15) is 0 Å². The third-order valence-electron chi connectivity index (χ3n) is 3.72. The van der Waals surface area contributed by atoms with Crippen molar-refractivity contribution in [3.05, 3.63) is 27.1 Å². The molecule has 8 heteroatoms. The van der Waals surface area contributed by atoms with Crippen LogP contribution in [0, 0.1) is 6.92 Å². The van der Waals surface area contributed by atoms with E-state index in [1.54, 1.807) is 17.8 Å². The molecule has 138 valence electrons. The second-order valence-corrected chi connectivity index (χ2v) is 6.53. The smallest absolute Gasteiger partial charge is 0.262 e. The van der Waals surface area contributed by atoms with E-state index in [1.807, 2.05) is 20.8 Å². The topological polar surface area (TPSA) is 82.5 Å². The van der Waals surface area contributed by atoms with Gasteiger partial charge in [0.2, 0.25) is 0 Å². The van der Waals surface area contributed by atoms with Crippen LogP contribution in [0.15, 0.2) is 11.1 Å². The molecule has 0 saturated carbocycles. The molecule has 7 nitrogen and oxygen atoms in total. The molecule has 2 aromatic heterocycles. The van der Waals surface area contributed by atoms with E-state index in [-0.39, 0.29) is 18.0 Å². The maximum absolute atomic E-state index is 12.6. The number of aromatic nitrogens is 2. The molecule has 0 radical (unpaired) electrons. The Hall–Kier alpha value is -1.77. The van der Waals surface area contributed by atoms with E-state index in [9.17, 15) is 9.59 Å². The number of carbonyl (C=O) groups is 1. The highest BCUT2D eigenvalue weighted by atomic mass is 32.1. The van der Waals surface area contributed by atoms with Gasteiger partial charge in [0.25, 0.3) is 11.5 Å². The lowest BCUT2D eigenvalue weighted by atomic mass is 10.2. The first-order valence-corrected chi connectivity index (χ1v) is 9.34. The Morgan fingerprint density at radius 1 is 1.32 bits per heavy atom. The van der Waals surface area contributed by atoms with E-state index in [0.717, 1.165) is 6.42 Å². The lowest BCUT2D eigenvalue weighted by Gasteiger charge is -2.17. The minimum atomic E-state index is -0.478. The Labute approximate surface area is 151 Å². The molecule has 2 rings (SSSR count). The molecular formula is C17H25N3O4S. The van der Waals surface area contributed by atoms with Gasteiger partial charge < -0.3 is 14.8 Å². The van der Waals surface area contributed by atoms with Crippen LogP contribution in [0.4, 0.5) is 0 Å². The minimum Gasteiger partial charge on any atom is -0.351 e. The molecule has 2 heterocycles. The maximum Gasteiger partial charge on any atom is 0.262 e. The molecule has 1 N–H and O–H groups in total. The predicted molar refractivity (Wildman–Crippen MR) is 98.3 cm³/mol. The normalized spacial score (nSPS) is 11.4. The van der Waals surface area contributed by atoms with E-state index < -0.39 is 6.29 Å². The first-order chi connectivity index (χ1) is 12.0. The highest BCUT2D eigenvalue weighted by Crippen LogP contribution is 2.26. The predicted octanol–water partition coefficient (Wildman–Crippen LogP) is 2.31. The van der Waals surface area contributed by atoms with E-state index in [2.05, 4.69) is 10.3 Å². The van der Waals surface area contributed by atoms with E-state index in [4.69, 9.17) is 9.47 Å². The molecule has 0 spiro atoms. The summed E-state index contributed by atoms with van der Waals surface area (Å²) in [6.45, 7) is 9.41. The number of hydrogen-bond acceptors (Lipinski definition) is 6. The first kappa shape index (κ1) is 19.6. The third kappa shape index (κ3) is 4.45. The number of carbonyl (C=O) groups excluding carboxylic acids is 1. The number of thiophene rings is 1. The molecule has 0 fully saturated rings. The van der Waals surface area contributed by atoms with Crippen molar-refractivity contribution in [2.45, 2.75) is 47.0 Å². The number of ether oxygens (including phenoxy) is 2. The van der Waals surface area contributed by atoms with Gasteiger partial charge in [0, 0.05) is 19.8 Å².